The normalized spacial score (nSPS) is 42.7. The van der Waals surface area contributed by atoms with Gasteiger partial charge in [-0.1, -0.05) is 22.6 Å². The summed E-state index contributed by atoms with van der Waals surface area (Å²) >= 11 is 2.35. The number of cyclic esters (lactones) is 1. The monoisotopic (exact) mass is 297 g/mol. The lowest BCUT2D eigenvalue weighted by molar-refractivity contribution is -0.150. The van der Waals surface area contributed by atoms with Gasteiger partial charge in [0.25, 0.3) is 0 Å². The first-order chi connectivity index (χ1) is 5.95. The Morgan fingerprint density at radius 2 is 1.92 bits per heavy atom. The number of carbonyl (C=O) groups is 1. The van der Waals surface area contributed by atoms with Gasteiger partial charge in [-0.3, -0.25) is 9.69 Å². The molecule has 3 nitrogen and oxygen atoms in total. The van der Waals surface area contributed by atoms with Gasteiger partial charge < -0.3 is 4.74 Å². The van der Waals surface area contributed by atoms with Gasteiger partial charge in [0.1, 0.15) is 12.1 Å². The molecule has 13 heavy (non-hydrogen) atoms. The second-order valence-corrected chi connectivity index (χ2v) is 5.11. The van der Waals surface area contributed by atoms with Gasteiger partial charge in [-0.25, -0.2) is 0 Å². The highest BCUT2D eigenvalue weighted by molar-refractivity contribution is 14.1. The average molecular weight is 297 g/mol. The molecule has 1 rings (SSSR count). The molecule has 0 bridgehead atoms. The summed E-state index contributed by atoms with van der Waals surface area (Å²) in [5.74, 6) is -0.110. The molecule has 4 atom stereocenters. The predicted octanol–water partition coefficient (Wildman–Crippen LogP) is 1.44. The van der Waals surface area contributed by atoms with E-state index >= 15 is 0 Å². The van der Waals surface area contributed by atoms with Crippen LogP contribution in [0, 0.1) is 0 Å². The van der Waals surface area contributed by atoms with E-state index in [9.17, 15) is 4.79 Å². The molecule has 0 aromatic heterocycles. The van der Waals surface area contributed by atoms with Crippen LogP contribution < -0.4 is 0 Å². The summed E-state index contributed by atoms with van der Waals surface area (Å²) in [4.78, 5) is 13.5. The van der Waals surface area contributed by atoms with Crippen LogP contribution in [0.5, 0.6) is 0 Å². The lowest BCUT2D eigenvalue weighted by Crippen LogP contribution is -2.43. The first-order valence-electron chi connectivity index (χ1n) is 4.51. The molecule has 0 amide bonds. The Morgan fingerprint density at radius 1 is 1.38 bits per heavy atom. The maximum Gasteiger partial charge on any atom is 0.323 e. The largest absolute Gasteiger partial charge is 0.460 e. The molecule has 0 aromatic carbocycles. The molecule has 0 N–H and O–H groups in total. The van der Waals surface area contributed by atoms with Gasteiger partial charge in [-0.05, 0) is 27.8 Å². The number of hydrogen-bond acceptors (Lipinski definition) is 3. The highest BCUT2D eigenvalue weighted by atomic mass is 127. The molecular weight excluding hydrogens is 281 g/mol. The van der Waals surface area contributed by atoms with E-state index in [1.54, 1.807) is 0 Å². The number of esters is 1. The van der Waals surface area contributed by atoms with E-state index in [0.717, 1.165) is 0 Å². The van der Waals surface area contributed by atoms with Crippen LogP contribution in [0.3, 0.4) is 0 Å². The lowest BCUT2D eigenvalue weighted by Gasteiger charge is -2.28. The van der Waals surface area contributed by atoms with Crippen LogP contribution in [0.25, 0.3) is 0 Å². The molecule has 0 saturated carbocycles. The fourth-order valence-electron chi connectivity index (χ4n) is 1.48. The van der Waals surface area contributed by atoms with Gasteiger partial charge in [0.05, 0.1) is 3.92 Å². The minimum Gasteiger partial charge on any atom is -0.460 e. The quantitative estimate of drug-likeness (QED) is 0.385. The van der Waals surface area contributed by atoms with Crippen LogP contribution in [0.4, 0.5) is 0 Å². The van der Waals surface area contributed by atoms with Crippen molar-refractivity contribution in [2.75, 3.05) is 7.05 Å². The molecule has 1 aliphatic heterocycles. The summed E-state index contributed by atoms with van der Waals surface area (Å²) in [5, 5.41) is 0. The van der Waals surface area contributed by atoms with Crippen LogP contribution in [-0.2, 0) is 9.53 Å². The maximum absolute atomic E-state index is 11.5. The summed E-state index contributed by atoms with van der Waals surface area (Å²) in [6.07, 6.45) is 0.00972. The number of alkyl halides is 1. The van der Waals surface area contributed by atoms with E-state index < -0.39 is 0 Å². The van der Waals surface area contributed by atoms with Crippen molar-refractivity contribution in [3.05, 3.63) is 0 Å². The number of ether oxygens (including phenoxy) is 1. The summed E-state index contributed by atoms with van der Waals surface area (Å²) in [6, 6.07) is 0.245. The van der Waals surface area contributed by atoms with Gasteiger partial charge in [0.2, 0.25) is 0 Å². The number of halogens is 1. The highest BCUT2D eigenvalue weighted by Gasteiger charge is 2.36. The molecule has 1 fully saturated rings. The van der Waals surface area contributed by atoms with Gasteiger partial charge in [-0.2, -0.15) is 0 Å². The van der Waals surface area contributed by atoms with Crippen LogP contribution in [0.1, 0.15) is 20.8 Å². The number of hydrogen-bond donors (Lipinski definition) is 0. The molecule has 1 heterocycles. The lowest BCUT2D eigenvalue weighted by atomic mass is 10.1. The van der Waals surface area contributed by atoms with E-state index in [-0.39, 0.29) is 18.1 Å². The van der Waals surface area contributed by atoms with Crippen molar-refractivity contribution in [2.24, 2.45) is 0 Å². The van der Waals surface area contributed by atoms with Crippen LogP contribution >= 0.6 is 22.6 Å². The standard InChI is InChI=1S/C9H16INO2/c1-5-8(10)7(3)13-9(12)6(2)11(5)4/h5-8H,1-4H3. The number of likely N-dealkylation sites (N-methyl/N-ethyl adjacent to an activating group) is 1. The third-order valence-corrected chi connectivity index (χ3v) is 4.86. The second-order valence-electron chi connectivity index (χ2n) is 3.67. The third-order valence-electron chi connectivity index (χ3n) is 2.81. The minimum absolute atomic E-state index is 0.00972. The highest BCUT2D eigenvalue weighted by Crippen LogP contribution is 2.23. The van der Waals surface area contributed by atoms with Crippen LogP contribution in [0.2, 0.25) is 0 Å². The first-order valence-corrected chi connectivity index (χ1v) is 5.76. The average Bonchev–Trinajstić information content (AvgIpc) is 2.15. The zero-order valence-electron chi connectivity index (χ0n) is 8.45. The molecule has 0 aliphatic carbocycles. The predicted molar refractivity (Wildman–Crippen MR) is 60.0 cm³/mol. The molecule has 76 valence electrons. The Kier molecular flexibility index (Phi) is 3.57. The maximum atomic E-state index is 11.5. The molecule has 4 heteroatoms. The van der Waals surface area contributed by atoms with Crippen molar-refractivity contribution in [1.29, 1.82) is 0 Å². The molecule has 0 spiro atoms. The fourth-order valence-corrected chi connectivity index (χ4v) is 2.14. The zero-order valence-corrected chi connectivity index (χ0v) is 10.6. The van der Waals surface area contributed by atoms with Gasteiger partial charge in [-0.15, -0.1) is 0 Å². The Labute approximate surface area is 92.9 Å². The van der Waals surface area contributed by atoms with E-state index in [1.807, 2.05) is 20.9 Å². The van der Waals surface area contributed by atoms with Crippen molar-refractivity contribution in [1.82, 2.24) is 4.90 Å². The Hall–Kier alpha value is 0.160. The van der Waals surface area contributed by atoms with Crippen molar-refractivity contribution < 1.29 is 9.53 Å². The summed E-state index contributed by atoms with van der Waals surface area (Å²) in [5.41, 5.74) is 0. The number of rotatable bonds is 0. The fraction of sp³-hybridized carbons (Fsp3) is 0.889. The van der Waals surface area contributed by atoms with Gasteiger partial charge >= 0.3 is 5.97 Å². The van der Waals surface area contributed by atoms with Crippen molar-refractivity contribution in [3.8, 4) is 0 Å². The van der Waals surface area contributed by atoms with Crippen LogP contribution in [0.15, 0.2) is 0 Å². The third kappa shape index (κ3) is 2.15. The van der Waals surface area contributed by atoms with Crippen molar-refractivity contribution in [2.45, 2.75) is 42.9 Å². The van der Waals surface area contributed by atoms with Gasteiger partial charge in [0.15, 0.2) is 0 Å². The first kappa shape index (κ1) is 11.2. The summed E-state index contributed by atoms with van der Waals surface area (Å²) in [6.45, 7) is 5.98. The Bertz CT molecular complexity index is 210. The molecule has 0 radical (unpaired) electrons. The molecule has 1 saturated heterocycles. The summed E-state index contributed by atoms with van der Waals surface area (Å²) in [7, 11) is 1.97. The van der Waals surface area contributed by atoms with E-state index in [1.165, 1.54) is 0 Å². The van der Waals surface area contributed by atoms with E-state index in [0.29, 0.717) is 9.97 Å². The van der Waals surface area contributed by atoms with E-state index in [2.05, 4.69) is 34.4 Å². The SMILES string of the molecule is CC1OC(=O)C(C)N(C)C(C)C1I. The Morgan fingerprint density at radius 3 is 2.46 bits per heavy atom. The number of nitrogens with zero attached hydrogens (tertiary/aromatic N) is 1. The Balaban J connectivity index is 2.85. The number of carbonyl (C=O) groups excluding carboxylic acids is 1. The smallest absolute Gasteiger partial charge is 0.323 e. The van der Waals surface area contributed by atoms with Crippen molar-refractivity contribution >= 4 is 28.6 Å². The van der Waals surface area contributed by atoms with E-state index in [4.69, 9.17) is 4.74 Å². The topological polar surface area (TPSA) is 29.5 Å². The minimum atomic E-state index is -0.128. The van der Waals surface area contributed by atoms with Crippen LogP contribution in [-0.4, -0.2) is 40.0 Å². The summed E-state index contributed by atoms with van der Waals surface area (Å²) < 4.78 is 5.65. The van der Waals surface area contributed by atoms with Crippen molar-refractivity contribution in [3.63, 3.8) is 0 Å². The second kappa shape index (κ2) is 4.13. The molecule has 4 unspecified atom stereocenters. The van der Waals surface area contributed by atoms with Gasteiger partial charge in [0, 0.05) is 6.04 Å². The molecule has 0 aromatic rings. The molecule has 1 aliphatic rings. The molecular formula is C9H16INO2. The zero-order chi connectivity index (χ0) is 10.2.